The highest BCUT2D eigenvalue weighted by Crippen LogP contribution is 2.19. The standard InChI is InChI=1S/C14H18N4O.HI/c1-10(2)17-14(15)16-9-12-8-13(19-18-12)11-6-4-3-5-7-11;/h3-8,10H,9H2,1-2H3,(H3,15,16,17);1H. The molecule has 1 aromatic carbocycles. The van der Waals surface area contributed by atoms with Crippen LogP contribution in [0, 0.1) is 0 Å². The summed E-state index contributed by atoms with van der Waals surface area (Å²) in [6, 6.07) is 12.0. The van der Waals surface area contributed by atoms with Gasteiger partial charge in [0.1, 0.15) is 5.69 Å². The average Bonchev–Trinajstić information content (AvgIpc) is 2.85. The smallest absolute Gasteiger partial charge is 0.189 e. The van der Waals surface area contributed by atoms with Gasteiger partial charge in [-0.15, -0.1) is 24.0 Å². The van der Waals surface area contributed by atoms with Crippen molar-refractivity contribution in [3.8, 4) is 11.3 Å². The third-order valence-corrected chi connectivity index (χ3v) is 2.47. The van der Waals surface area contributed by atoms with Crippen LogP contribution in [0.1, 0.15) is 19.5 Å². The van der Waals surface area contributed by atoms with Crippen LogP contribution in [0.15, 0.2) is 45.9 Å². The maximum absolute atomic E-state index is 5.72. The molecule has 0 amide bonds. The van der Waals surface area contributed by atoms with Gasteiger partial charge in [0, 0.05) is 17.7 Å². The summed E-state index contributed by atoms with van der Waals surface area (Å²) in [7, 11) is 0. The Hall–Kier alpha value is -1.57. The van der Waals surface area contributed by atoms with Gasteiger partial charge in [-0.05, 0) is 13.8 Å². The van der Waals surface area contributed by atoms with Crippen LogP contribution in [0.25, 0.3) is 11.3 Å². The molecule has 3 N–H and O–H groups in total. The third-order valence-electron chi connectivity index (χ3n) is 2.47. The predicted octanol–water partition coefficient (Wildman–Crippen LogP) is 2.77. The van der Waals surface area contributed by atoms with E-state index in [0.717, 1.165) is 17.0 Å². The lowest BCUT2D eigenvalue weighted by molar-refractivity contribution is 0.424. The van der Waals surface area contributed by atoms with Gasteiger partial charge in [0.15, 0.2) is 11.7 Å². The van der Waals surface area contributed by atoms with Crippen molar-refractivity contribution >= 4 is 29.9 Å². The van der Waals surface area contributed by atoms with Crippen LogP contribution >= 0.6 is 24.0 Å². The number of aromatic nitrogens is 1. The predicted molar refractivity (Wildman–Crippen MR) is 91.0 cm³/mol. The fourth-order valence-electron chi connectivity index (χ4n) is 1.63. The molecule has 0 aliphatic heterocycles. The second-order valence-electron chi connectivity index (χ2n) is 4.55. The number of rotatable bonds is 4. The first-order valence-corrected chi connectivity index (χ1v) is 6.22. The van der Waals surface area contributed by atoms with E-state index in [1.54, 1.807) is 0 Å². The summed E-state index contributed by atoms with van der Waals surface area (Å²) in [5, 5.41) is 7.00. The SMILES string of the molecule is CC(C)NC(N)=NCc1cc(-c2ccccc2)on1.I. The highest BCUT2D eigenvalue weighted by molar-refractivity contribution is 14.0. The lowest BCUT2D eigenvalue weighted by Crippen LogP contribution is -2.36. The van der Waals surface area contributed by atoms with Crippen molar-refractivity contribution in [3.05, 3.63) is 42.1 Å². The lowest BCUT2D eigenvalue weighted by atomic mass is 10.2. The first-order chi connectivity index (χ1) is 9.15. The quantitative estimate of drug-likeness (QED) is 0.481. The monoisotopic (exact) mass is 386 g/mol. The zero-order valence-corrected chi connectivity index (χ0v) is 13.9. The van der Waals surface area contributed by atoms with Crippen LogP contribution in [-0.4, -0.2) is 17.2 Å². The van der Waals surface area contributed by atoms with Gasteiger partial charge in [-0.25, -0.2) is 4.99 Å². The van der Waals surface area contributed by atoms with Crippen LogP contribution in [0.4, 0.5) is 0 Å². The molecule has 0 spiro atoms. The number of aliphatic imine (C=N–C) groups is 1. The minimum atomic E-state index is 0. The van der Waals surface area contributed by atoms with Crippen LogP contribution < -0.4 is 11.1 Å². The number of hydrogen-bond acceptors (Lipinski definition) is 3. The summed E-state index contributed by atoms with van der Waals surface area (Å²) in [5.41, 5.74) is 7.48. The molecule has 0 bridgehead atoms. The minimum absolute atomic E-state index is 0. The van der Waals surface area contributed by atoms with E-state index >= 15 is 0 Å². The van der Waals surface area contributed by atoms with Gasteiger partial charge in [0.25, 0.3) is 0 Å². The van der Waals surface area contributed by atoms with Gasteiger partial charge < -0.3 is 15.6 Å². The molecule has 0 unspecified atom stereocenters. The van der Waals surface area contributed by atoms with E-state index in [-0.39, 0.29) is 30.0 Å². The Bertz CT molecular complexity index is 551. The van der Waals surface area contributed by atoms with Gasteiger partial charge >= 0.3 is 0 Å². The molecule has 1 heterocycles. The van der Waals surface area contributed by atoms with Crippen molar-refractivity contribution in [1.82, 2.24) is 10.5 Å². The molecule has 0 radical (unpaired) electrons. The zero-order chi connectivity index (χ0) is 13.7. The van der Waals surface area contributed by atoms with Gasteiger partial charge in [-0.1, -0.05) is 35.5 Å². The van der Waals surface area contributed by atoms with Crippen molar-refractivity contribution < 1.29 is 4.52 Å². The van der Waals surface area contributed by atoms with Crippen LogP contribution in [0.5, 0.6) is 0 Å². The average molecular weight is 386 g/mol. The number of hydrogen-bond donors (Lipinski definition) is 2. The maximum atomic E-state index is 5.72. The fraction of sp³-hybridized carbons (Fsp3) is 0.286. The number of benzene rings is 1. The second kappa shape index (κ2) is 7.88. The Balaban J connectivity index is 0.00000200. The van der Waals surface area contributed by atoms with E-state index in [9.17, 15) is 0 Å². The summed E-state index contributed by atoms with van der Waals surface area (Å²) in [4.78, 5) is 4.20. The highest BCUT2D eigenvalue weighted by atomic mass is 127. The van der Waals surface area contributed by atoms with E-state index < -0.39 is 0 Å². The van der Waals surface area contributed by atoms with E-state index in [4.69, 9.17) is 10.3 Å². The molecule has 0 aliphatic carbocycles. The Labute approximate surface area is 135 Å². The first-order valence-electron chi connectivity index (χ1n) is 6.22. The van der Waals surface area contributed by atoms with Crippen LogP contribution in [0.2, 0.25) is 0 Å². The topological polar surface area (TPSA) is 76.4 Å². The molecule has 0 atom stereocenters. The number of halogens is 1. The molecule has 0 saturated heterocycles. The summed E-state index contributed by atoms with van der Waals surface area (Å²) in [5.74, 6) is 1.15. The van der Waals surface area contributed by atoms with Gasteiger partial charge in [-0.3, -0.25) is 0 Å². The molecule has 2 rings (SSSR count). The molecule has 5 nitrogen and oxygen atoms in total. The minimum Gasteiger partial charge on any atom is -0.370 e. The van der Waals surface area contributed by atoms with E-state index in [1.165, 1.54) is 0 Å². The number of guanidine groups is 1. The second-order valence-corrected chi connectivity index (χ2v) is 4.55. The molecule has 1 aromatic heterocycles. The Kier molecular flexibility index (Phi) is 6.50. The molecule has 0 fully saturated rings. The number of nitrogens with two attached hydrogens (primary N) is 1. The van der Waals surface area contributed by atoms with Crippen LogP contribution in [-0.2, 0) is 6.54 Å². The highest BCUT2D eigenvalue weighted by Gasteiger charge is 2.05. The third kappa shape index (κ3) is 4.84. The van der Waals surface area contributed by atoms with E-state index in [1.807, 2.05) is 50.2 Å². The largest absolute Gasteiger partial charge is 0.370 e. The first kappa shape index (κ1) is 16.5. The van der Waals surface area contributed by atoms with Crippen molar-refractivity contribution in [2.45, 2.75) is 26.4 Å². The Morgan fingerprint density at radius 2 is 2.05 bits per heavy atom. The summed E-state index contributed by atoms with van der Waals surface area (Å²) in [6.07, 6.45) is 0. The van der Waals surface area contributed by atoms with Gasteiger partial charge in [-0.2, -0.15) is 0 Å². The number of nitrogens with one attached hydrogen (secondary N) is 1. The molecule has 0 aliphatic rings. The maximum Gasteiger partial charge on any atom is 0.189 e. The van der Waals surface area contributed by atoms with E-state index in [0.29, 0.717) is 12.5 Å². The molecular formula is C14H19IN4O. The molecular weight excluding hydrogens is 367 g/mol. The normalized spacial score (nSPS) is 11.2. The Morgan fingerprint density at radius 3 is 2.70 bits per heavy atom. The van der Waals surface area contributed by atoms with Gasteiger partial charge in [0.05, 0.1) is 6.54 Å². The van der Waals surface area contributed by atoms with Gasteiger partial charge in [0.2, 0.25) is 0 Å². The molecule has 0 saturated carbocycles. The van der Waals surface area contributed by atoms with Crippen molar-refractivity contribution in [2.75, 3.05) is 0 Å². The van der Waals surface area contributed by atoms with Crippen LogP contribution in [0.3, 0.4) is 0 Å². The molecule has 108 valence electrons. The zero-order valence-electron chi connectivity index (χ0n) is 11.5. The molecule has 2 aromatic rings. The molecule has 6 heteroatoms. The Morgan fingerprint density at radius 1 is 1.35 bits per heavy atom. The van der Waals surface area contributed by atoms with Crippen molar-refractivity contribution in [1.29, 1.82) is 0 Å². The summed E-state index contributed by atoms with van der Waals surface area (Å²) >= 11 is 0. The fourth-order valence-corrected chi connectivity index (χ4v) is 1.63. The summed E-state index contributed by atoms with van der Waals surface area (Å²) in [6.45, 7) is 4.42. The van der Waals surface area contributed by atoms with Crippen molar-refractivity contribution in [3.63, 3.8) is 0 Å². The number of nitrogens with zero attached hydrogens (tertiary/aromatic N) is 2. The lowest BCUT2D eigenvalue weighted by Gasteiger charge is -2.07. The summed E-state index contributed by atoms with van der Waals surface area (Å²) < 4.78 is 5.28. The van der Waals surface area contributed by atoms with Crippen molar-refractivity contribution in [2.24, 2.45) is 10.7 Å². The van der Waals surface area contributed by atoms with E-state index in [2.05, 4.69) is 15.5 Å². The molecule has 20 heavy (non-hydrogen) atoms.